The van der Waals surface area contributed by atoms with E-state index in [0.29, 0.717) is 37.8 Å². The number of hydrogen-bond donors (Lipinski definition) is 0. The lowest BCUT2D eigenvalue weighted by Crippen LogP contribution is -2.40. The highest BCUT2D eigenvalue weighted by atomic mass is 127. The quantitative estimate of drug-likeness (QED) is 0.0744. The molecule has 0 aliphatic carbocycles. The van der Waals surface area contributed by atoms with Gasteiger partial charge in [0, 0.05) is 12.1 Å². The van der Waals surface area contributed by atoms with Gasteiger partial charge in [-0.1, -0.05) is 17.4 Å². The molecule has 2 heterocycles. The molecule has 3 aromatic carbocycles. The van der Waals surface area contributed by atoms with Crippen LogP contribution < -0.4 is 29.1 Å². The Morgan fingerprint density at radius 2 is 1.79 bits per heavy atom. The molecule has 0 saturated heterocycles. The molecule has 250 valence electrons. The molecule has 0 amide bonds. The van der Waals surface area contributed by atoms with Crippen molar-refractivity contribution in [2.24, 2.45) is 4.99 Å². The topological polar surface area (TPSA) is 131 Å². The van der Waals surface area contributed by atoms with E-state index in [1.807, 2.05) is 32.0 Å². The predicted molar refractivity (Wildman–Crippen MR) is 198 cm³/mol. The second kappa shape index (κ2) is 15.2. The van der Waals surface area contributed by atoms with Crippen LogP contribution in [0.5, 0.6) is 17.2 Å². The molecule has 0 bridgehead atoms. The number of methoxy groups -OCH3 is 1. The Morgan fingerprint density at radius 1 is 1.10 bits per heavy atom. The monoisotopic (exact) mass is 895 g/mol. The Labute approximate surface area is 307 Å². The number of ether oxygens (including phenoxy) is 4. The number of esters is 1. The van der Waals surface area contributed by atoms with Crippen molar-refractivity contribution in [2.45, 2.75) is 46.4 Å². The average molecular weight is 896 g/mol. The van der Waals surface area contributed by atoms with Crippen LogP contribution in [0.1, 0.15) is 50.4 Å². The van der Waals surface area contributed by atoms with Gasteiger partial charge in [0.05, 0.1) is 53.7 Å². The molecule has 0 spiro atoms. The fourth-order valence-corrected chi connectivity index (χ4v) is 8.31. The zero-order chi connectivity index (χ0) is 34.7. The first kappa shape index (κ1) is 35.5. The summed E-state index contributed by atoms with van der Waals surface area (Å²) < 4.78 is 26.7. The molecule has 11 nitrogen and oxygen atoms in total. The summed E-state index contributed by atoms with van der Waals surface area (Å²) in [6.45, 7) is 7.71. The number of aromatic nitrogens is 1. The smallest absolute Gasteiger partial charge is 0.338 e. The van der Waals surface area contributed by atoms with Gasteiger partial charge in [-0.05, 0) is 132 Å². The molecular weight excluding hydrogens is 864 g/mol. The molecule has 48 heavy (non-hydrogen) atoms. The van der Waals surface area contributed by atoms with Gasteiger partial charge >= 0.3 is 5.97 Å². The lowest BCUT2D eigenvalue weighted by molar-refractivity contribution is -0.384. The van der Waals surface area contributed by atoms with Crippen LogP contribution in [0.25, 0.3) is 6.08 Å². The molecule has 4 aromatic rings. The molecule has 1 aromatic heterocycles. The SMILES string of the molecule is CCOC(=O)C1=C(C)N=c2s/c(=C\c3cc(I)c(OCc4ccc([N+](=O)[O-])cc4)c(I)c3)c(=O)n2[C@H]1c1ccc(OC(C)C)c(OC)c1. The molecule has 14 heteroatoms. The number of nitrogens with zero attached hydrogens (tertiary/aromatic N) is 3. The summed E-state index contributed by atoms with van der Waals surface area (Å²) in [7, 11) is 1.54. The minimum atomic E-state index is -0.806. The third kappa shape index (κ3) is 7.59. The maximum absolute atomic E-state index is 14.1. The molecule has 0 radical (unpaired) electrons. The number of nitro groups is 1. The van der Waals surface area contributed by atoms with Crippen molar-refractivity contribution in [3.05, 3.63) is 120 Å². The highest BCUT2D eigenvalue weighted by molar-refractivity contribution is 14.1. The zero-order valence-corrected chi connectivity index (χ0v) is 31.7. The van der Waals surface area contributed by atoms with Gasteiger partial charge < -0.3 is 18.9 Å². The van der Waals surface area contributed by atoms with Gasteiger partial charge in [0.15, 0.2) is 16.3 Å². The van der Waals surface area contributed by atoms with E-state index < -0.39 is 16.9 Å². The summed E-state index contributed by atoms with van der Waals surface area (Å²) in [5.74, 6) is 1.14. The maximum atomic E-state index is 14.1. The summed E-state index contributed by atoms with van der Waals surface area (Å²) >= 11 is 5.61. The minimum Gasteiger partial charge on any atom is -0.493 e. The van der Waals surface area contributed by atoms with E-state index >= 15 is 0 Å². The van der Waals surface area contributed by atoms with Crippen molar-refractivity contribution in [3.63, 3.8) is 0 Å². The lowest BCUT2D eigenvalue weighted by atomic mass is 9.95. The first-order valence-corrected chi connectivity index (χ1v) is 17.8. The van der Waals surface area contributed by atoms with Crippen molar-refractivity contribution in [3.8, 4) is 17.2 Å². The van der Waals surface area contributed by atoms with Crippen molar-refractivity contribution in [1.82, 2.24) is 4.57 Å². The number of nitro benzene ring substituents is 1. The summed E-state index contributed by atoms with van der Waals surface area (Å²) in [4.78, 5) is 43.1. The highest BCUT2D eigenvalue weighted by Crippen LogP contribution is 2.37. The summed E-state index contributed by atoms with van der Waals surface area (Å²) in [6.07, 6.45) is 1.72. The van der Waals surface area contributed by atoms with E-state index in [-0.39, 0.29) is 36.1 Å². The molecular formula is C34H31I2N3O8S. The van der Waals surface area contributed by atoms with Crippen LogP contribution in [0.3, 0.4) is 0 Å². The molecule has 0 fully saturated rings. The largest absolute Gasteiger partial charge is 0.493 e. The van der Waals surface area contributed by atoms with Crippen LogP contribution in [0.2, 0.25) is 0 Å². The number of non-ortho nitro benzene ring substituents is 1. The first-order chi connectivity index (χ1) is 22.9. The molecule has 5 rings (SSSR count). The highest BCUT2D eigenvalue weighted by Gasteiger charge is 2.34. The molecule has 1 aliphatic heterocycles. The number of carbonyl (C=O) groups is 1. The standard InChI is InChI=1S/C34H31I2N3O8S/c1-6-45-33(41)29-19(4)37-34-38(30(29)22-9-12-26(47-18(2)3)27(16-22)44-5)32(40)28(48-34)15-21-13-24(35)31(25(36)14-21)46-17-20-7-10-23(11-8-20)39(42)43/h7-16,18,30H,6,17H2,1-5H3/b28-15-/t30-/m0/s1. The van der Waals surface area contributed by atoms with Crippen LogP contribution in [0.15, 0.2) is 75.7 Å². The van der Waals surface area contributed by atoms with E-state index in [2.05, 4.69) is 50.2 Å². The maximum Gasteiger partial charge on any atom is 0.338 e. The van der Waals surface area contributed by atoms with Gasteiger partial charge in [-0.3, -0.25) is 19.5 Å². The average Bonchev–Trinajstić information content (AvgIpc) is 3.33. The van der Waals surface area contributed by atoms with E-state index in [9.17, 15) is 19.7 Å². The van der Waals surface area contributed by atoms with Crippen molar-refractivity contribution < 1.29 is 28.7 Å². The molecule has 0 saturated carbocycles. The summed E-state index contributed by atoms with van der Waals surface area (Å²) in [5.41, 5.74) is 2.68. The third-order valence-electron chi connectivity index (χ3n) is 7.23. The number of benzene rings is 3. The fraction of sp³-hybridized carbons (Fsp3) is 0.265. The van der Waals surface area contributed by atoms with Crippen LogP contribution >= 0.6 is 56.5 Å². The molecule has 0 unspecified atom stereocenters. The molecule has 1 atom stereocenters. The van der Waals surface area contributed by atoms with Crippen molar-refractivity contribution in [1.29, 1.82) is 0 Å². The zero-order valence-electron chi connectivity index (χ0n) is 26.6. The number of carbonyl (C=O) groups excluding carboxylic acids is 1. The Balaban J connectivity index is 1.54. The van der Waals surface area contributed by atoms with E-state index in [1.54, 1.807) is 51.3 Å². The predicted octanol–water partition coefficient (Wildman–Crippen LogP) is 6.29. The fourth-order valence-electron chi connectivity index (χ4n) is 5.13. The van der Waals surface area contributed by atoms with Crippen LogP contribution in [-0.2, 0) is 16.1 Å². The number of fused-ring (bicyclic) bond motifs is 1. The van der Waals surface area contributed by atoms with E-state index in [4.69, 9.17) is 18.9 Å². The minimum absolute atomic E-state index is 0.0185. The first-order valence-electron chi connectivity index (χ1n) is 14.8. The summed E-state index contributed by atoms with van der Waals surface area (Å²) in [5, 5.41) is 11.0. The lowest BCUT2D eigenvalue weighted by Gasteiger charge is -2.25. The van der Waals surface area contributed by atoms with Gasteiger partial charge in [-0.15, -0.1) is 0 Å². The van der Waals surface area contributed by atoms with Gasteiger partial charge in [-0.25, -0.2) is 9.79 Å². The second-order valence-corrected chi connectivity index (χ2v) is 14.2. The Kier molecular flexibility index (Phi) is 11.2. The molecule has 1 aliphatic rings. The number of rotatable bonds is 11. The van der Waals surface area contributed by atoms with Crippen LogP contribution in [-0.4, -0.2) is 35.3 Å². The van der Waals surface area contributed by atoms with Crippen LogP contribution in [0.4, 0.5) is 5.69 Å². The number of hydrogen-bond acceptors (Lipinski definition) is 10. The second-order valence-electron chi connectivity index (χ2n) is 10.9. The van der Waals surface area contributed by atoms with Crippen molar-refractivity contribution in [2.75, 3.05) is 13.7 Å². The number of allylic oxidation sites excluding steroid dienone is 1. The Morgan fingerprint density at radius 3 is 2.40 bits per heavy atom. The Bertz CT molecular complexity index is 2080. The van der Waals surface area contributed by atoms with Gasteiger partial charge in [-0.2, -0.15) is 0 Å². The normalized spacial score (nSPS) is 14.4. The third-order valence-corrected chi connectivity index (χ3v) is 9.82. The van der Waals surface area contributed by atoms with E-state index in [1.165, 1.54) is 28.0 Å². The summed E-state index contributed by atoms with van der Waals surface area (Å²) in [6, 6.07) is 14.6. The van der Waals surface area contributed by atoms with Gasteiger partial charge in [0.25, 0.3) is 11.2 Å². The molecule has 0 N–H and O–H groups in total. The van der Waals surface area contributed by atoms with Crippen LogP contribution in [0, 0.1) is 17.3 Å². The van der Waals surface area contributed by atoms with Crippen molar-refractivity contribution >= 4 is 74.3 Å². The van der Waals surface area contributed by atoms with E-state index in [0.717, 1.165) is 18.3 Å². The number of thiazole rings is 1. The van der Waals surface area contributed by atoms with Gasteiger partial charge in [0.2, 0.25) is 0 Å². The Hall–Kier alpha value is -3.77. The van der Waals surface area contributed by atoms with Gasteiger partial charge in [0.1, 0.15) is 12.4 Å². The number of halogens is 2.